The van der Waals surface area contributed by atoms with Gasteiger partial charge in [-0.2, -0.15) is 0 Å². The summed E-state index contributed by atoms with van der Waals surface area (Å²) in [5.41, 5.74) is 0. The number of thiophene rings is 1. The molecule has 0 saturated carbocycles. The van der Waals surface area contributed by atoms with Crippen LogP contribution in [0.5, 0.6) is 0 Å². The van der Waals surface area contributed by atoms with Crippen molar-refractivity contribution in [2.45, 2.75) is 4.90 Å². The lowest BCUT2D eigenvalue weighted by Gasteiger charge is -1.94. The Bertz CT molecular complexity index is 542. The van der Waals surface area contributed by atoms with Gasteiger partial charge < -0.3 is 0 Å². The molecule has 1 aromatic heterocycles. The summed E-state index contributed by atoms with van der Waals surface area (Å²) in [5, 5.41) is 2.95. The fourth-order valence-corrected chi connectivity index (χ4v) is 2.77. The summed E-state index contributed by atoms with van der Waals surface area (Å²) in [4.78, 5) is 0.157. The first-order chi connectivity index (χ1) is 6.07. The Balaban J connectivity index is 2.75. The van der Waals surface area contributed by atoms with Gasteiger partial charge in [-0.05, 0) is 29.0 Å². The van der Waals surface area contributed by atoms with E-state index in [2.05, 4.69) is 0 Å². The number of benzene rings is 1. The SMILES string of the molecule is O=S(=O)(Cl)c1ccc2ccsc2c1. The number of hydrogen-bond donors (Lipinski definition) is 0. The monoisotopic (exact) mass is 232 g/mol. The van der Waals surface area contributed by atoms with Gasteiger partial charge in [0.25, 0.3) is 9.05 Å². The highest BCUT2D eigenvalue weighted by molar-refractivity contribution is 8.13. The maximum atomic E-state index is 11.0. The van der Waals surface area contributed by atoms with Gasteiger partial charge in [0.2, 0.25) is 0 Å². The van der Waals surface area contributed by atoms with E-state index in [0.717, 1.165) is 10.1 Å². The molecule has 68 valence electrons. The molecule has 0 aliphatic rings. The van der Waals surface area contributed by atoms with E-state index in [9.17, 15) is 8.42 Å². The molecule has 5 heteroatoms. The molecule has 1 heterocycles. The second-order valence-corrected chi connectivity index (χ2v) is 6.07. The first-order valence-electron chi connectivity index (χ1n) is 3.49. The summed E-state index contributed by atoms with van der Waals surface area (Å²) in [6.07, 6.45) is 0. The van der Waals surface area contributed by atoms with Gasteiger partial charge in [-0.25, -0.2) is 8.42 Å². The molecule has 0 amide bonds. The van der Waals surface area contributed by atoms with Gasteiger partial charge >= 0.3 is 0 Å². The van der Waals surface area contributed by atoms with Crippen molar-refractivity contribution >= 4 is 41.2 Å². The first kappa shape index (κ1) is 8.99. The predicted octanol–water partition coefficient (Wildman–Crippen LogP) is 2.83. The van der Waals surface area contributed by atoms with Crippen molar-refractivity contribution in [2.24, 2.45) is 0 Å². The van der Waals surface area contributed by atoms with Gasteiger partial charge in [0, 0.05) is 15.4 Å². The molecule has 0 unspecified atom stereocenters. The van der Waals surface area contributed by atoms with Crippen molar-refractivity contribution in [2.75, 3.05) is 0 Å². The molecule has 2 aromatic rings. The van der Waals surface area contributed by atoms with Gasteiger partial charge in [-0.15, -0.1) is 11.3 Å². The lowest BCUT2D eigenvalue weighted by atomic mass is 10.3. The van der Waals surface area contributed by atoms with E-state index < -0.39 is 9.05 Å². The van der Waals surface area contributed by atoms with E-state index in [1.807, 2.05) is 11.4 Å². The molecular weight excluding hydrogens is 228 g/mol. The molecule has 2 rings (SSSR count). The Labute approximate surface area is 84.2 Å². The molecule has 0 spiro atoms. The van der Waals surface area contributed by atoms with Crippen molar-refractivity contribution in [3.63, 3.8) is 0 Å². The van der Waals surface area contributed by atoms with E-state index in [0.29, 0.717) is 0 Å². The Morgan fingerprint density at radius 3 is 2.69 bits per heavy atom. The normalized spacial score (nSPS) is 12.1. The van der Waals surface area contributed by atoms with Crippen LogP contribution in [0.1, 0.15) is 0 Å². The lowest BCUT2D eigenvalue weighted by molar-refractivity contribution is 0.609. The summed E-state index contributed by atoms with van der Waals surface area (Å²) >= 11 is 1.49. The molecule has 0 fully saturated rings. The zero-order chi connectivity index (χ0) is 9.47. The molecule has 0 aliphatic carbocycles. The van der Waals surface area contributed by atoms with Crippen LogP contribution in [0.3, 0.4) is 0 Å². The summed E-state index contributed by atoms with van der Waals surface area (Å²) in [6, 6.07) is 6.78. The molecule has 0 N–H and O–H groups in total. The van der Waals surface area contributed by atoms with Crippen LogP contribution in [-0.2, 0) is 9.05 Å². The largest absolute Gasteiger partial charge is 0.261 e. The minimum atomic E-state index is -3.59. The van der Waals surface area contributed by atoms with Crippen LogP contribution in [0, 0.1) is 0 Å². The molecule has 0 aliphatic heterocycles. The highest BCUT2D eigenvalue weighted by Gasteiger charge is 2.09. The number of halogens is 1. The Morgan fingerprint density at radius 1 is 1.23 bits per heavy atom. The highest BCUT2D eigenvalue weighted by Crippen LogP contribution is 2.25. The van der Waals surface area contributed by atoms with Gasteiger partial charge in [-0.3, -0.25) is 0 Å². The Kier molecular flexibility index (Phi) is 2.06. The smallest absolute Gasteiger partial charge is 0.207 e. The average Bonchev–Trinajstić information content (AvgIpc) is 2.47. The molecule has 0 bridgehead atoms. The lowest BCUT2D eigenvalue weighted by Crippen LogP contribution is -1.88. The first-order valence-corrected chi connectivity index (χ1v) is 6.68. The van der Waals surface area contributed by atoms with E-state index >= 15 is 0 Å². The van der Waals surface area contributed by atoms with Crippen LogP contribution in [-0.4, -0.2) is 8.42 Å². The highest BCUT2D eigenvalue weighted by atomic mass is 35.7. The predicted molar refractivity (Wildman–Crippen MR) is 54.9 cm³/mol. The zero-order valence-corrected chi connectivity index (χ0v) is 8.79. The van der Waals surface area contributed by atoms with E-state index in [1.54, 1.807) is 12.1 Å². The molecular formula is C8H5ClO2S2. The number of fused-ring (bicyclic) bond motifs is 1. The van der Waals surface area contributed by atoms with E-state index in [1.165, 1.54) is 17.4 Å². The summed E-state index contributed by atoms with van der Waals surface area (Å²) in [6.45, 7) is 0. The fraction of sp³-hybridized carbons (Fsp3) is 0. The van der Waals surface area contributed by atoms with Crippen molar-refractivity contribution in [3.05, 3.63) is 29.6 Å². The fourth-order valence-electron chi connectivity index (χ4n) is 1.09. The van der Waals surface area contributed by atoms with Crippen LogP contribution < -0.4 is 0 Å². The van der Waals surface area contributed by atoms with Crippen LogP contribution >= 0.6 is 22.0 Å². The van der Waals surface area contributed by atoms with Crippen LogP contribution in [0.4, 0.5) is 0 Å². The molecule has 0 atom stereocenters. The maximum absolute atomic E-state index is 11.0. The van der Waals surface area contributed by atoms with Gasteiger partial charge in [0.1, 0.15) is 0 Å². The van der Waals surface area contributed by atoms with Crippen LogP contribution in [0.2, 0.25) is 0 Å². The standard InChI is InChI=1S/C8H5ClO2S2/c9-13(10,11)7-2-1-6-3-4-12-8(6)5-7/h1-5H. The topological polar surface area (TPSA) is 34.1 Å². The van der Waals surface area contributed by atoms with Crippen molar-refractivity contribution < 1.29 is 8.42 Å². The Morgan fingerprint density at radius 2 is 2.00 bits per heavy atom. The second-order valence-electron chi connectivity index (χ2n) is 2.56. The van der Waals surface area contributed by atoms with E-state index in [4.69, 9.17) is 10.7 Å². The molecule has 2 nitrogen and oxygen atoms in total. The third-order valence-electron chi connectivity index (χ3n) is 1.71. The van der Waals surface area contributed by atoms with Gasteiger partial charge in [0.05, 0.1) is 4.90 Å². The van der Waals surface area contributed by atoms with Crippen molar-refractivity contribution in [3.8, 4) is 0 Å². The molecule has 0 radical (unpaired) electrons. The summed E-state index contributed by atoms with van der Waals surface area (Å²) in [5.74, 6) is 0. The Hall–Kier alpha value is -0.580. The maximum Gasteiger partial charge on any atom is 0.261 e. The van der Waals surface area contributed by atoms with Gasteiger partial charge in [0.15, 0.2) is 0 Å². The number of rotatable bonds is 1. The third-order valence-corrected chi connectivity index (χ3v) is 3.94. The van der Waals surface area contributed by atoms with Crippen LogP contribution in [0.25, 0.3) is 10.1 Å². The molecule has 1 aromatic carbocycles. The second kappa shape index (κ2) is 2.97. The molecule has 13 heavy (non-hydrogen) atoms. The minimum absolute atomic E-state index is 0.157. The quantitative estimate of drug-likeness (QED) is 0.709. The van der Waals surface area contributed by atoms with Crippen LogP contribution in [0.15, 0.2) is 34.5 Å². The average molecular weight is 233 g/mol. The zero-order valence-electron chi connectivity index (χ0n) is 6.40. The third kappa shape index (κ3) is 1.70. The van der Waals surface area contributed by atoms with Crippen molar-refractivity contribution in [1.82, 2.24) is 0 Å². The minimum Gasteiger partial charge on any atom is -0.207 e. The van der Waals surface area contributed by atoms with Gasteiger partial charge in [-0.1, -0.05) is 6.07 Å². The summed E-state index contributed by atoms with van der Waals surface area (Å²) < 4.78 is 22.9. The summed E-state index contributed by atoms with van der Waals surface area (Å²) in [7, 11) is 1.61. The molecule has 0 saturated heterocycles. The van der Waals surface area contributed by atoms with Crippen molar-refractivity contribution in [1.29, 1.82) is 0 Å². The number of hydrogen-bond acceptors (Lipinski definition) is 3. The van der Waals surface area contributed by atoms with E-state index in [-0.39, 0.29) is 4.90 Å².